The molecule has 17 heavy (non-hydrogen) atoms. The summed E-state index contributed by atoms with van der Waals surface area (Å²) in [5.74, 6) is -0.224. The molecule has 0 saturated heterocycles. The molecular formula is C11H11ClN4O. The molecule has 1 amide bonds. The van der Waals surface area contributed by atoms with Gasteiger partial charge in [0.15, 0.2) is 0 Å². The zero-order chi connectivity index (χ0) is 12.3. The van der Waals surface area contributed by atoms with Gasteiger partial charge in [0.1, 0.15) is 0 Å². The third kappa shape index (κ3) is 2.62. The fraction of sp³-hybridized carbons (Fsp3) is 0.182. The molecule has 0 radical (unpaired) electrons. The molecule has 0 aliphatic carbocycles. The molecule has 0 aliphatic heterocycles. The van der Waals surface area contributed by atoms with Crippen molar-refractivity contribution in [2.45, 2.75) is 6.54 Å². The molecule has 2 heterocycles. The van der Waals surface area contributed by atoms with Gasteiger partial charge < -0.3 is 5.32 Å². The molecule has 0 fully saturated rings. The zero-order valence-electron chi connectivity index (χ0n) is 9.22. The quantitative estimate of drug-likeness (QED) is 0.896. The summed E-state index contributed by atoms with van der Waals surface area (Å²) in [6.07, 6.45) is 4.66. The topological polar surface area (TPSA) is 59.8 Å². The molecule has 0 atom stereocenters. The van der Waals surface area contributed by atoms with Crippen molar-refractivity contribution in [3.63, 3.8) is 0 Å². The van der Waals surface area contributed by atoms with E-state index in [4.69, 9.17) is 11.6 Å². The lowest BCUT2D eigenvalue weighted by molar-refractivity contribution is 0.0950. The average Bonchev–Trinajstić information content (AvgIpc) is 2.72. The van der Waals surface area contributed by atoms with Crippen LogP contribution in [-0.2, 0) is 13.6 Å². The summed E-state index contributed by atoms with van der Waals surface area (Å²) < 4.78 is 1.70. The van der Waals surface area contributed by atoms with Crippen LogP contribution in [0.4, 0.5) is 0 Å². The van der Waals surface area contributed by atoms with Gasteiger partial charge in [0.05, 0.1) is 22.8 Å². The third-order valence-electron chi connectivity index (χ3n) is 2.37. The first kappa shape index (κ1) is 11.6. The number of aryl methyl sites for hydroxylation is 1. The highest BCUT2D eigenvalue weighted by atomic mass is 35.5. The molecular weight excluding hydrogens is 240 g/mol. The van der Waals surface area contributed by atoms with E-state index in [2.05, 4.69) is 15.4 Å². The summed E-state index contributed by atoms with van der Waals surface area (Å²) >= 11 is 5.87. The van der Waals surface area contributed by atoms with Crippen LogP contribution in [0.5, 0.6) is 0 Å². The number of rotatable bonds is 3. The number of halogens is 1. The van der Waals surface area contributed by atoms with E-state index < -0.39 is 0 Å². The fourth-order valence-corrected chi connectivity index (χ4v) is 1.61. The Morgan fingerprint density at radius 2 is 2.29 bits per heavy atom. The molecule has 0 unspecified atom stereocenters. The number of carbonyl (C=O) groups excluding carboxylic acids is 1. The summed E-state index contributed by atoms with van der Waals surface area (Å²) in [5.41, 5.74) is 1.34. The maximum Gasteiger partial charge on any atom is 0.253 e. The molecule has 0 bridgehead atoms. The van der Waals surface area contributed by atoms with Gasteiger partial charge in [0.2, 0.25) is 0 Å². The number of nitrogens with one attached hydrogen (secondary N) is 1. The minimum absolute atomic E-state index is 0.224. The third-order valence-corrected chi connectivity index (χ3v) is 2.67. The van der Waals surface area contributed by atoms with Gasteiger partial charge in [-0.3, -0.25) is 14.5 Å². The van der Waals surface area contributed by atoms with E-state index in [0.717, 1.165) is 5.69 Å². The van der Waals surface area contributed by atoms with Gasteiger partial charge in [0, 0.05) is 25.6 Å². The van der Waals surface area contributed by atoms with E-state index >= 15 is 0 Å². The number of hydrogen-bond donors (Lipinski definition) is 1. The van der Waals surface area contributed by atoms with Crippen LogP contribution in [0.3, 0.4) is 0 Å². The number of nitrogens with zero attached hydrogens (tertiary/aromatic N) is 3. The Hall–Kier alpha value is -1.88. The molecule has 2 aromatic heterocycles. The summed E-state index contributed by atoms with van der Waals surface area (Å²) in [5, 5.41) is 7.13. The molecule has 0 aliphatic rings. The Labute approximate surface area is 103 Å². The second-order valence-corrected chi connectivity index (χ2v) is 3.89. The number of aromatic nitrogens is 3. The lowest BCUT2D eigenvalue weighted by Crippen LogP contribution is -2.24. The number of hydrogen-bond acceptors (Lipinski definition) is 3. The molecule has 6 heteroatoms. The smallest absolute Gasteiger partial charge is 0.253 e. The summed E-state index contributed by atoms with van der Waals surface area (Å²) in [6, 6.07) is 3.43. The van der Waals surface area contributed by atoms with Gasteiger partial charge in [0.25, 0.3) is 5.91 Å². The normalized spacial score (nSPS) is 10.2. The minimum atomic E-state index is -0.224. The minimum Gasteiger partial charge on any atom is -0.346 e. The van der Waals surface area contributed by atoms with Crippen LogP contribution in [0.15, 0.2) is 30.7 Å². The maximum atomic E-state index is 11.8. The van der Waals surface area contributed by atoms with Gasteiger partial charge in [-0.2, -0.15) is 5.10 Å². The van der Waals surface area contributed by atoms with Crippen molar-refractivity contribution in [1.82, 2.24) is 20.1 Å². The van der Waals surface area contributed by atoms with E-state index in [1.807, 2.05) is 13.1 Å². The van der Waals surface area contributed by atoms with Crippen molar-refractivity contribution >= 4 is 17.5 Å². The van der Waals surface area contributed by atoms with E-state index in [0.29, 0.717) is 17.1 Å². The maximum absolute atomic E-state index is 11.8. The number of amides is 1. The van der Waals surface area contributed by atoms with Crippen LogP contribution < -0.4 is 5.32 Å². The van der Waals surface area contributed by atoms with Crippen LogP contribution in [0.2, 0.25) is 5.02 Å². The van der Waals surface area contributed by atoms with Gasteiger partial charge >= 0.3 is 0 Å². The standard InChI is InChI=1S/C11H11ClN4O/c1-16-8(2-5-15-16)6-14-11(17)9-3-4-13-7-10(9)12/h2-5,7H,6H2,1H3,(H,14,17). The summed E-state index contributed by atoms with van der Waals surface area (Å²) in [4.78, 5) is 15.6. The molecule has 0 saturated carbocycles. The first-order valence-electron chi connectivity index (χ1n) is 5.03. The number of pyridine rings is 1. The van der Waals surface area contributed by atoms with E-state index in [1.54, 1.807) is 16.9 Å². The van der Waals surface area contributed by atoms with Gasteiger partial charge in [-0.1, -0.05) is 11.6 Å². The SMILES string of the molecule is Cn1nccc1CNC(=O)c1ccncc1Cl. The van der Waals surface area contributed by atoms with Crippen molar-refractivity contribution in [3.8, 4) is 0 Å². The molecule has 0 aromatic carbocycles. The van der Waals surface area contributed by atoms with Crippen molar-refractivity contribution in [2.75, 3.05) is 0 Å². The lowest BCUT2D eigenvalue weighted by Gasteiger charge is -2.06. The summed E-state index contributed by atoms with van der Waals surface area (Å²) in [6.45, 7) is 0.411. The highest BCUT2D eigenvalue weighted by molar-refractivity contribution is 6.33. The summed E-state index contributed by atoms with van der Waals surface area (Å²) in [7, 11) is 1.82. The van der Waals surface area contributed by atoms with Crippen molar-refractivity contribution in [2.24, 2.45) is 7.05 Å². The average molecular weight is 251 g/mol. The monoisotopic (exact) mass is 250 g/mol. The first-order chi connectivity index (χ1) is 8.18. The highest BCUT2D eigenvalue weighted by Crippen LogP contribution is 2.13. The van der Waals surface area contributed by atoms with Gasteiger partial charge in [-0.05, 0) is 12.1 Å². The second-order valence-electron chi connectivity index (χ2n) is 3.48. The molecule has 88 valence electrons. The first-order valence-corrected chi connectivity index (χ1v) is 5.41. The van der Waals surface area contributed by atoms with Gasteiger partial charge in [-0.15, -0.1) is 0 Å². The van der Waals surface area contributed by atoms with Crippen molar-refractivity contribution < 1.29 is 4.79 Å². The molecule has 1 N–H and O–H groups in total. The number of carbonyl (C=O) groups is 1. The Bertz CT molecular complexity index is 538. The van der Waals surface area contributed by atoms with Crippen LogP contribution in [0.1, 0.15) is 16.1 Å². The molecule has 0 spiro atoms. The van der Waals surface area contributed by atoms with Crippen molar-refractivity contribution in [1.29, 1.82) is 0 Å². The van der Waals surface area contributed by atoms with Crippen LogP contribution >= 0.6 is 11.6 Å². The predicted molar refractivity (Wildman–Crippen MR) is 63.6 cm³/mol. The Kier molecular flexibility index (Phi) is 3.39. The highest BCUT2D eigenvalue weighted by Gasteiger charge is 2.10. The van der Waals surface area contributed by atoms with E-state index in [1.165, 1.54) is 12.4 Å². The second kappa shape index (κ2) is 4.97. The van der Waals surface area contributed by atoms with Crippen molar-refractivity contribution in [3.05, 3.63) is 47.0 Å². The van der Waals surface area contributed by atoms with Crippen LogP contribution in [-0.4, -0.2) is 20.7 Å². The van der Waals surface area contributed by atoms with E-state index in [9.17, 15) is 4.79 Å². The largest absolute Gasteiger partial charge is 0.346 e. The van der Waals surface area contributed by atoms with E-state index in [-0.39, 0.29) is 5.91 Å². The van der Waals surface area contributed by atoms with Gasteiger partial charge in [-0.25, -0.2) is 0 Å². The zero-order valence-corrected chi connectivity index (χ0v) is 9.98. The molecule has 5 nitrogen and oxygen atoms in total. The predicted octanol–water partition coefficient (Wildman–Crippen LogP) is 1.40. The molecule has 2 aromatic rings. The Balaban J connectivity index is 2.04. The Morgan fingerprint density at radius 3 is 2.94 bits per heavy atom. The van der Waals surface area contributed by atoms with Crippen LogP contribution in [0, 0.1) is 0 Å². The Morgan fingerprint density at radius 1 is 1.47 bits per heavy atom. The molecule has 2 rings (SSSR count). The lowest BCUT2D eigenvalue weighted by atomic mass is 10.2. The van der Waals surface area contributed by atoms with Crippen LogP contribution in [0.25, 0.3) is 0 Å². The fourth-order valence-electron chi connectivity index (χ4n) is 1.40.